The Morgan fingerprint density at radius 1 is 1.34 bits per heavy atom. The first kappa shape index (κ1) is 18.5. The normalized spacial score (nSPS) is 29.1. The summed E-state index contributed by atoms with van der Waals surface area (Å²) < 4.78 is 12.1. The van der Waals surface area contributed by atoms with Crippen molar-refractivity contribution in [1.29, 1.82) is 0 Å². The van der Waals surface area contributed by atoms with Crippen LogP contribution in [-0.2, 0) is 4.74 Å². The van der Waals surface area contributed by atoms with Crippen molar-refractivity contribution in [2.45, 2.75) is 56.5 Å². The summed E-state index contributed by atoms with van der Waals surface area (Å²) in [7, 11) is 0. The van der Waals surface area contributed by atoms with Gasteiger partial charge in [0.05, 0.1) is 30.3 Å². The molecule has 5 rings (SSSR count). The van der Waals surface area contributed by atoms with Crippen molar-refractivity contribution in [1.82, 2.24) is 10.2 Å². The lowest BCUT2D eigenvalue weighted by Gasteiger charge is -2.35. The lowest BCUT2D eigenvalue weighted by molar-refractivity contribution is -0.0272. The summed E-state index contributed by atoms with van der Waals surface area (Å²) in [4.78, 5) is 6.91. The summed E-state index contributed by atoms with van der Waals surface area (Å²) >= 11 is 0. The molecule has 1 saturated carbocycles. The van der Waals surface area contributed by atoms with Crippen LogP contribution in [0.15, 0.2) is 41.7 Å². The minimum atomic E-state index is -0.0677. The topological polar surface area (TPSA) is 84.1 Å². The van der Waals surface area contributed by atoms with Gasteiger partial charge >= 0.3 is 0 Å². The van der Waals surface area contributed by atoms with E-state index in [9.17, 15) is 0 Å². The molecule has 3 aliphatic heterocycles. The van der Waals surface area contributed by atoms with E-state index in [0.717, 1.165) is 67.2 Å². The molecule has 0 spiro atoms. The van der Waals surface area contributed by atoms with Crippen LogP contribution in [0.25, 0.3) is 5.57 Å². The zero-order chi connectivity index (χ0) is 20.0. The first-order valence-corrected chi connectivity index (χ1v) is 10.4. The lowest BCUT2D eigenvalue weighted by atomic mass is 9.97. The van der Waals surface area contributed by atoms with Crippen molar-refractivity contribution in [2.75, 3.05) is 18.5 Å². The van der Waals surface area contributed by atoms with Crippen LogP contribution < -0.4 is 21.3 Å². The first-order valence-electron chi connectivity index (χ1n) is 10.4. The van der Waals surface area contributed by atoms with Crippen molar-refractivity contribution < 1.29 is 9.47 Å². The summed E-state index contributed by atoms with van der Waals surface area (Å²) in [6.45, 7) is 8.31. The highest BCUT2D eigenvalue weighted by molar-refractivity contribution is 5.82. The van der Waals surface area contributed by atoms with Gasteiger partial charge in [-0.1, -0.05) is 6.58 Å². The van der Waals surface area contributed by atoms with E-state index in [0.29, 0.717) is 12.2 Å². The number of hydrogen-bond acceptors (Lipinski definition) is 7. The Bertz CT molecular complexity index is 864. The lowest BCUT2D eigenvalue weighted by Crippen LogP contribution is -2.43. The van der Waals surface area contributed by atoms with Gasteiger partial charge in [0.1, 0.15) is 17.2 Å². The number of hydrogen-bond donors (Lipinski definition) is 3. The molecule has 1 aliphatic carbocycles. The third-order valence-corrected chi connectivity index (χ3v) is 6.32. The van der Waals surface area contributed by atoms with Gasteiger partial charge in [-0.15, -0.1) is 0 Å². The van der Waals surface area contributed by atoms with Gasteiger partial charge in [-0.3, -0.25) is 5.84 Å². The molecule has 1 aromatic carbocycles. The van der Waals surface area contributed by atoms with Gasteiger partial charge in [0.2, 0.25) is 0 Å². The molecular weight excluding hydrogens is 366 g/mol. The Hall–Kier alpha value is -2.51. The number of ether oxygens (including phenoxy) is 2. The summed E-state index contributed by atoms with van der Waals surface area (Å²) in [5, 5.41) is 3.32. The molecule has 154 valence electrons. The number of likely N-dealkylation sites (tertiary alicyclic amines) is 1. The monoisotopic (exact) mass is 395 g/mol. The minimum Gasteiger partial charge on any atom is -0.488 e. The van der Waals surface area contributed by atoms with Crippen LogP contribution in [0.3, 0.4) is 0 Å². The van der Waals surface area contributed by atoms with E-state index in [4.69, 9.17) is 15.3 Å². The predicted octanol–water partition coefficient (Wildman–Crippen LogP) is 2.62. The molecule has 4 aliphatic rings. The van der Waals surface area contributed by atoms with Crippen LogP contribution in [0.1, 0.15) is 38.2 Å². The molecule has 2 saturated heterocycles. The first-order chi connectivity index (χ1) is 14.0. The van der Waals surface area contributed by atoms with E-state index in [1.165, 1.54) is 0 Å². The van der Waals surface area contributed by atoms with Gasteiger partial charge in [-0.05, 0) is 62.5 Å². The number of benzene rings is 1. The van der Waals surface area contributed by atoms with Crippen molar-refractivity contribution in [3.63, 3.8) is 0 Å². The van der Waals surface area contributed by atoms with Gasteiger partial charge in [0, 0.05) is 18.7 Å². The van der Waals surface area contributed by atoms with Crippen molar-refractivity contribution in [3.05, 3.63) is 42.2 Å². The maximum Gasteiger partial charge on any atom is 0.128 e. The Kier molecular flexibility index (Phi) is 4.52. The van der Waals surface area contributed by atoms with E-state index < -0.39 is 0 Å². The van der Waals surface area contributed by atoms with Crippen LogP contribution >= 0.6 is 0 Å². The fraction of sp³-hybridized carbons (Fsp3) is 0.500. The van der Waals surface area contributed by atoms with Gasteiger partial charge in [-0.2, -0.15) is 0 Å². The fourth-order valence-corrected chi connectivity index (χ4v) is 4.32. The molecular formula is C22H29N5O2. The van der Waals surface area contributed by atoms with Crippen LogP contribution in [0.4, 0.5) is 5.69 Å². The highest BCUT2D eigenvalue weighted by Gasteiger charge is 2.40. The number of aliphatic imine (C=N–C) groups is 1. The third-order valence-electron chi connectivity index (χ3n) is 6.32. The van der Waals surface area contributed by atoms with E-state index in [1.54, 1.807) is 6.34 Å². The number of anilines is 1. The van der Waals surface area contributed by atoms with E-state index >= 15 is 0 Å². The molecule has 2 unspecified atom stereocenters. The number of morpholine rings is 1. The van der Waals surface area contributed by atoms with Crippen molar-refractivity contribution in [3.8, 4) is 5.75 Å². The highest BCUT2D eigenvalue weighted by Crippen LogP contribution is 2.41. The van der Waals surface area contributed by atoms with E-state index in [2.05, 4.69) is 40.2 Å². The Balaban J connectivity index is 1.37. The molecule has 7 heteroatoms. The van der Waals surface area contributed by atoms with Crippen LogP contribution in [0.5, 0.6) is 5.75 Å². The number of fused-ring (bicyclic) bond motifs is 2. The summed E-state index contributed by atoms with van der Waals surface area (Å²) in [6, 6.07) is 5.86. The smallest absolute Gasteiger partial charge is 0.128 e. The highest BCUT2D eigenvalue weighted by atomic mass is 16.5. The van der Waals surface area contributed by atoms with Crippen LogP contribution in [0, 0.1) is 0 Å². The third kappa shape index (κ3) is 3.72. The molecule has 3 atom stereocenters. The molecule has 0 radical (unpaired) electrons. The van der Waals surface area contributed by atoms with Crippen LogP contribution in [0.2, 0.25) is 0 Å². The summed E-state index contributed by atoms with van der Waals surface area (Å²) in [5.41, 5.74) is 5.45. The average molecular weight is 396 g/mol. The summed E-state index contributed by atoms with van der Waals surface area (Å²) in [5.74, 6) is 7.60. The maximum atomic E-state index is 6.14. The summed E-state index contributed by atoms with van der Waals surface area (Å²) in [6.07, 6.45) is 9.03. The van der Waals surface area contributed by atoms with Gasteiger partial charge < -0.3 is 25.1 Å². The van der Waals surface area contributed by atoms with Crippen LogP contribution in [-0.4, -0.2) is 48.2 Å². The molecule has 0 amide bonds. The molecule has 29 heavy (non-hydrogen) atoms. The zero-order valence-electron chi connectivity index (χ0n) is 16.9. The minimum absolute atomic E-state index is 0.0330. The number of nitrogens with zero attached hydrogens (tertiary/aromatic N) is 2. The SMILES string of the molecule is C=C(c1cc(OC2(C)CC2)ccc1NN)[C@H]1C=C(N2CC3CCC(C2)O3)N=CN1. The second-order valence-corrected chi connectivity index (χ2v) is 8.72. The standard InChI is InChI=1S/C22H29N5O2/c1-14(18-9-15(5-6-19(18)26-23)29-22(2)7-8-22)20-10-21(25-13-24-20)27-11-16-3-4-17(12-27)28-16/h5-6,9-10,13,16-17,20,26H,1,3-4,7-8,11-12,23H2,2H3,(H,24,25)/t16?,17?,20-/m1/s1. The quantitative estimate of drug-likeness (QED) is 0.507. The maximum absolute atomic E-state index is 6.14. The zero-order valence-corrected chi connectivity index (χ0v) is 16.9. The van der Waals surface area contributed by atoms with Gasteiger partial charge in [0.15, 0.2) is 0 Å². The molecule has 3 heterocycles. The van der Waals surface area contributed by atoms with Crippen molar-refractivity contribution in [2.24, 2.45) is 10.8 Å². The van der Waals surface area contributed by atoms with Crippen molar-refractivity contribution >= 4 is 17.6 Å². The Morgan fingerprint density at radius 3 is 2.79 bits per heavy atom. The second kappa shape index (κ2) is 7.07. The molecule has 0 aromatic heterocycles. The van der Waals surface area contributed by atoms with E-state index in [1.807, 2.05) is 18.2 Å². The van der Waals surface area contributed by atoms with E-state index in [-0.39, 0.29) is 11.6 Å². The molecule has 7 nitrogen and oxygen atoms in total. The fourth-order valence-electron chi connectivity index (χ4n) is 4.32. The number of rotatable bonds is 6. The number of nitrogen functional groups attached to an aromatic ring is 1. The number of nitrogens with one attached hydrogen (secondary N) is 2. The number of hydrazine groups is 1. The largest absolute Gasteiger partial charge is 0.488 e. The average Bonchev–Trinajstić information content (AvgIpc) is 3.38. The van der Waals surface area contributed by atoms with Gasteiger partial charge in [-0.25, -0.2) is 4.99 Å². The number of nitrogens with two attached hydrogens (primary N) is 1. The van der Waals surface area contributed by atoms with Gasteiger partial charge in [0.25, 0.3) is 0 Å². The second-order valence-electron chi connectivity index (χ2n) is 8.72. The molecule has 1 aromatic rings. The predicted molar refractivity (Wildman–Crippen MR) is 115 cm³/mol. The molecule has 3 fully saturated rings. The molecule has 2 bridgehead atoms. The Morgan fingerprint density at radius 2 is 2.10 bits per heavy atom. The molecule has 4 N–H and O–H groups in total. The Labute approximate surface area is 171 Å².